The lowest BCUT2D eigenvalue weighted by Crippen LogP contribution is -2.06. The maximum Gasteiger partial charge on any atom is 0.311 e. The monoisotopic (exact) mass is 404 g/mol. The first-order valence-electron chi connectivity index (χ1n) is 11.8. The number of ether oxygens (including phenoxy) is 1. The molecule has 0 spiro atoms. The van der Waals surface area contributed by atoms with Crippen molar-refractivity contribution in [1.82, 2.24) is 0 Å². The average Bonchev–Trinajstić information content (AvgIpc) is 2.78. The summed E-state index contributed by atoms with van der Waals surface area (Å²) < 4.78 is 5.34. The molecule has 0 fully saturated rings. The minimum Gasteiger partial charge on any atom is -0.427 e. The fraction of sp³-hybridized carbons (Fsp3) is 0.464. The van der Waals surface area contributed by atoms with Crippen LogP contribution < -0.4 is 4.74 Å². The fourth-order valence-corrected chi connectivity index (χ4v) is 4.25. The number of unbranched alkanes of at least 4 members (excludes halogenated alkanes) is 3. The van der Waals surface area contributed by atoms with E-state index in [0.717, 1.165) is 17.9 Å². The van der Waals surface area contributed by atoms with Crippen molar-refractivity contribution in [2.75, 3.05) is 0 Å². The van der Waals surface area contributed by atoms with E-state index in [0.29, 0.717) is 12.2 Å². The Bertz CT molecular complexity index is 815. The molecule has 1 aliphatic carbocycles. The molecule has 0 aromatic heterocycles. The summed E-state index contributed by atoms with van der Waals surface area (Å²) >= 11 is 0. The highest BCUT2D eigenvalue weighted by Gasteiger charge is 2.15. The number of esters is 1. The smallest absolute Gasteiger partial charge is 0.311 e. The summed E-state index contributed by atoms with van der Waals surface area (Å²) in [6.45, 7) is 4.26. The van der Waals surface area contributed by atoms with Crippen LogP contribution in [0.4, 0.5) is 0 Å². The van der Waals surface area contributed by atoms with Crippen LogP contribution in [0.5, 0.6) is 5.75 Å². The van der Waals surface area contributed by atoms with Crippen molar-refractivity contribution in [3.63, 3.8) is 0 Å². The molecule has 1 unspecified atom stereocenters. The Hall–Kier alpha value is -2.35. The largest absolute Gasteiger partial charge is 0.427 e. The quantitative estimate of drug-likeness (QED) is 0.226. The summed E-state index contributed by atoms with van der Waals surface area (Å²) in [5.74, 6) is 1.33. The van der Waals surface area contributed by atoms with Gasteiger partial charge in [0.2, 0.25) is 0 Å². The van der Waals surface area contributed by atoms with Crippen LogP contribution >= 0.6 is 0 Å². The van der Waals surface area contributed by atoms with Crippen LogP contribution in [0, 0.1) is 5.92 Å². The number of carbonyl (C=O) groups excluding carboxylic acids is 1. The van der Waals surface area contributed by atoms with E-state index < -0.39 is 0 Å². The van der Waals surface area contributed by atoms with E-state index in [9.17, 15) is 4.79 Å². The summed E-state index contributed by atoms with van der Waals surface area (Å²) in [5.41, 5.74) is 5.19. The van der Waals surface area contributed by atoms with Crippen LogP contribution in [0.1, 0.15) is 83.6 Å². The molecule has 0 aliphatic heterocycles. The molecule has 2 heteroatoms. The highest BCUT2D eigenvalue weighted by Crippen LogP contribution is 2.33. The summed E-state index contributed by atoms with van der Waals surface area (Å²) in [6, 6.07) is 16.7. The van der Waals surface area contributed by atoms with Crippen molar-refractivity contribution in [2.45, 2.75) is 78.1 Å². The molecule has 3 rings (SSSR count). The maximum absolute atomic E-state index is 11.6. The molecule has 2 aromatic rings. The minimum atomic E-state index is -0.168. The van der Waals surface area contributed by atoms with Gasteiger partial charge in [0.25, 0.3) is 0 Å². The van der Waals surface area contributed by atoms with E-state index >= 15 is 0 Å². The predicted octanol–water partition coefficient (Wildman–Crippen LogP) is 8.21. The van der Waals surface area contributed by atoms with Gasteiger partial charge in [0.15, 0.2) is 0 Å². The minimum absolute atomic E-state index is 0.168. The topological polar surface area (TPSA) is 26.3 Å². The van der Waals surface area contributed by atoms with Gasteiger partial charge in [-0.15, -0.1) is 0 Å². The van der Waals surface area contributed by atoms with Gasteiger partial charge in [-0.05, 0) is 66.0 Å². The van der Waals surface area contributed by atoms with E-state index in [1.165, 1.54) is 68.1 Å². The number of rotatable bonds is 10. The van der Waals surface area contributed by atoms with Gasteiger partial charge in [0.05, 0.1) is 0 Å². The Morgan fingerprint density at radius 2 is 1.53 bits per heavy atom. The SMILES string of the molecule is CCCCCCC1CC=C(c2ccc(-c3ccc(OC(=O)CCC)cc3)cc2)CC1. The second-order valence-electron chi connectivity index (χ2n) is 8.54. The molecule has 0 saturated heterocycles. The number of allylic oxidation sites excluding steroid dienone is 2. The van der Waals surface area contributed by atoms with E-state index in [4.69, 9.17) is 4.74 Å². The van der Waals surface area contributed by atoms with Crippen LogP contribution in [0.2, 0.25) is 0 Å². The molecule has 0 amide bonds. The van der Waals surface area contributed by atoms with E-state index in [2.05, 4.69) is 37.3 Å². The van der Waals surface area contributed by atoms with Gasteiger partial charge in [0.1, 0.15) is 5.75 Å². The normalized spacial score (nSPS) is 16.2. The first kappa shape index (κ1) is 22.3. The highest BCUT2D eigenvalue weighted by molar-refractivity contribution is 5.73. The zero-order chi connectivity index (χ0) is 21.2. The molecule has 0 heterocycles. The van der Waals surface area contributed by atoms with Crippen LogP contribution in [0.3, 0.4) is 0 Å². The van der Waals surface area contributed by atoms with Crippen molar-refractivity contribution in [3.8, 4) is 16.9 Å². The summed E-state index contributed by atoms with van der Waals surface area (Å²) in [6.07, 6.45) is 14.4. The number of hydrogen-bond donors (Lipinski definition) is 0. The van der Waals surface area contributed by atoms with Crippen molar-refractivity contribution < 1.29 is 9.53 Å². The van der Waals surface area contributed by atoms with Gasteiger partial charge in [-0.2, -0.15) is 0 Å². The van der Waals surface area contributed by atoms with Crippen LogP contribution in [0.15, 0.2) is 54.6 Å². The van der Waals surface area contributed by atoms with E-state index in [-0.39, 0.29) is 5.97 Å². The molecule has 0 saturated carbocycles. The van der Waals surface area contributed by atoms with Gasteiger partial charge in [-0.25, -0.2) is 0 Å². The summed E-state index contributed by atoms with van der Waals surface area (Å²) in [5, 5.41) is 0. The second-order valence-corrected chi connectivity index (χ2v) is 8.54. The summed E-state index contributed by atoms with van der Waals surface area (Å²) in [4.78, 5) is 11.6. The fourth-order valence-electron chi connectivity index (χ4n) is 4.25. The number of hydrogen-bond acceptors (Lipinski definition) is 2. The molecule has 2 aromatic carbocycles. The standard InChI is InChI=1S/C28H36O2/c1-3-5-6-7-9-22-10-12-23(13-11-22)24-14-16-25(17-15-24)26-18-20-27(21-19-26)30-28(29)8-4-2/h12,14-22H,3-11,13H2,1-2H3. The van der Waals surface area contributed by atoms with Crippen LogP contribution in [-0.4, -0.2) is 5.97 Å². The van der Waals surface area contributed by atoms with Gasteiger partial charge in [-0.3, -0.25) is 4.79 Å². The molecule has 30 heavy (non-hydrogen) atoms. The predicted molar refractivity (Wildman–Crippen MR) is 126 cm³/mol. The van der Waals surface area contributed by atoms with Crippen molar-refractivity contribution in [3.05, 3.63) is 60.2 Å². The molecule has 0 radical (unpaired) electrons. The van der Waals surface area contributed by atoms with Crippen LogP contribution in [0.25, 0.3) is 16.7 Å². The Kier molecular flexibility index (Phi) is 8.74. The lowest BCUT2D eigenvalue weighted by molar-refractivity contribution is -0.134. The average molecular weight is 405 g/mol. The number of benzene rings is 2. The third kappa shape index (κ3) is 6.58. The zero-order valence-electron chi connectivity index (χ0n) is 18.7. The Morgan fingerprint density at radius 3 is 2.13 bits per heavy atom. The molecular weight excluding hydrogens is 368 g/mol. The Morgan fingerprint density at radius 1 is 0.867 bits per heavy atom. The Labute approximate surface area is 182 Å². The van der Waals surface area contributed by atoms with Gasteiger partial charge in [0, 0.05) is 6.42 Å². The lowest BCUT2D eigenvalue weighted by atomic mass is 9.83. The molecule has 0 bridgehead atoms. The zero-order valence-corrected chi connectivity index (χ0v) is 18.7. The molecule has 2 nitrogen and oxygen atoms in total. The first-order valence-corrected chi connectivity index (χ1v) is 11.8. The van der Waals surface area contributed by atoms with Gasteiger partial charge in [-0.1, -0.05) is 88.4 Å². The van der Waals surface area contributed by atoms with Crippen LogP contribution in [-0.2, 0) is 4.79 Å². The third-order valence-corrected chi connectivity index (χ3v) is 6.11. The lowest BCUT2D eigenvalue weighted by Gasteiger charge is -2.22. The molecule has 160 valence electrons. The molecule has 1 atom stereocenters. The molecule has 0 N–H and O–H groups in total. The molecule has 1 aliphatic rings. The maximum atomic E-state index is 11.6. The van der Waals surface area contributed by atoms with Crippen molar-refractivity contribution in [1.29, 1.82) is 0 Å². The third-order valence-electron chi connectivity index (χ3n) is 6.11. The second kappa shape index (κ2) is 11.7. The first-order chi connectivity index (χ1) is 14.7. The van der Waals surface area contributed by atoms with Gasteiger partial charge < -0.3 is 4.74 Å². The van der Waals surface area contributed by atoms with E-state index in [1.807, 2.05) is 31.2 Å². The Balaban J connectivity index is 1.55. The summed E-state index contributed by atoms with van der Waals surface area (Å²) in [7, 11) is 0. The van der Waals surface area contributed by atoms with E-state index in [1.54, 1.807) is 0 Å². The highest BCUT2D eigenvalue weighted by atomic mass is 16.5. The van der Waals surface area contributed by atoms with Crippen molar-refractivity contribution >= 4 is 11.5 Å². The van der Waals surface area contributed by atoms with Crippen molar-refractivity contribution in [2.24, 2.45) is 5.92 Å². The van der Waals surface area contributed by atoms with Gasteiger partial charge >= 0.3 is 5.97 Å². The molecular formula is C28H36O2. The number of carbonyl (C=O) groups is 1.